The van der Waals surface area contributed by atoms with Crippen LogP contribution in [-0.2, 0) is 12.0 Å². The lowest BCUT2D eigenvalue weighted by atomic mass is 9.89. The molecule has 0 saturated carbocycles. The van der Waals surface area contributed by atoms with Gasteiger partial charge in [-0.3, -0.25) is 0 Å². The van der Waals surface area contributed by atoms with Gasteiger partial charge in [-0.15, -0.1) is 11.3 Å². The number of rotatable bonds is 3. The van der Waals surface area contributed by atoms with Gasteiger partial charge in [-0.05, 0) is 41.1 Å². The Bertz CT molecular complexity index is 522. The molecule has 0 radical (unpaired) electrons. The van der Waals surface area contributed by atoms with E-state index in [1.807, 2.05) is 25.1 Å². The van der Waals surface area contributed by atoms with Crippen LogP contribution in [-0.4, -0.2) is 0 Å². The Balaban J connectivity index is 2.27. The zero-order chi connectivity index (χ0) is 12.5. The van der Waals surface area contributed by atoms with Crippen LogP contribution >= 0.6 is 27.3 Å². The number of hydrogen-bond donors (Lipinski definition) is 1. The van der Waals surface area contributed by atoms with Crippen LogP contribution in [0.25, 0.3) is 0 Å². The smallest absolute Gasteiger partial charge is 0.128 e. The fourth-order valence-electron chi connectivity index (χ4n) is 1.83. The second-order valence-corrected chi connectivity index (χ2v) is 6.83. The largest absolute Gasteiger partial charge is 0.321 e. The van der Waals surface area contributed by atoms with Gasteiger partial charge in [0.15, 0.2) is 0 Å². The Kier molecular flexibility index (Phi) is 3.66. The molecule has 2 rings (SSSR count). The molecule has 4 heteroatoms. The molecule has 0 fully saturated rings. The first kappa shape index (κ1) is 12.7. The van der Waals surface area contributed by atoms with Crippen LogP contribution in [0.15, 0.2) is 40.2 Å². The summed E-state index contributed by atoms with van der Waals surface area (Å²) in [5.41, 5.74) is 6.11. The first-order valence-corrected chi connectivity index (χ1v) is 6.88. The molecule has 0 bridgehead atoms. The van der Waals surface area contributed by atoms with Crippen LogP contribution in [0.3, 0.4) is 0 Å². The number of benzene rings is 1. The predicted octanol–water partition coefficient (Wildman–Crippen LogP) is 4.07. The Labute approximate surface area is 113 Å². The quantitative estimate of drug-likeness (QED) is 0.908. The summed E-state index contributed by atoms with van der Waals surface area (Å²) < 4.78 is 14.8. The molecule has 0 spiro atoms. The maximum atomic E-state index is 13.7. The van der Waals surface area contributed by atoms with Gasteiger partial charge in [-0.2, -0.15) is 0 Å². The Morgan fingerprint density at radius 2 is 2.00 bits per heavy atom. The van der Waals surface area contributed by atoms with E-state index in [1.165, 1.54) is 6.07 Å². The summed E-state index contributed by atoms with van der Waals surface area (Å²) in [6.45, 7) is 1.86. The normalized spacial score (nSPS) is 14.6. The predicted molar refractivity (Wildman–Crippen MR) is 73.7 cm³/mol. The lowest BCUT2D eigenvalue weighted by Gasteiger charge is -2.25. The van der Waals surface area contributed by atoms with Crippen molar-refractivity contribution in [3.8, 4) is 0 Å². The SMILES string of the molecule is CC(N)(Cc1ccc(Br)s1)c1ccccc1F. The van der Waals surface area contributed by atoms with E-state index in [-0.39, 0.29) is 5.82 Å². The van der Waals surface area contributed by atoms with E-state index in [9.17, 15) is 4.39 Å². The van der Waals surface area contributed by atoms with E-state index in [2.05, 4.69) is 15.9 Å². The minimum Gasteiger partial charge on any atom is -0.321 e. The molecule has 1 heterocycles. The lowest BCUT2D eigenvalue weighted by Crippen LogP contribution is -2.36. The van der Waals surface area contributed by atoms with Crippen molar-refractivity contribution in [3.05, 3.63) is 56.4 Å². The second kappa shape index (κ2) is 4.88. The van der Waals surface area contributed by atoms with Gasteiger partial charge in [-0.25, -0.2) is 4.39 Å². The van der Waals surface area contributed by atoms with Gasteiger partial charge in [0.05, 0.1) is 3.79 Å². The summed E-state index contributed by atoms with van der Waals surface area (Å²) >= 11 is 5.04. The topological polar surface area (TPSA) is 26.0 Å². The van der Waals surface area contributed by atoms with E-state index < -0.39 is 5.54 Å². The highest BCUT2D eigenvalue weighted by Crippen LogP contribution is 2.30. The first-order chi connectivity index (χ1) is 7.99. The van der Waals surface area contributed by atoms with E-state index in [4.69, 9.17) is 5.73 Å². The summed E-state index contributed by atoms with van der Waals surface area (Å²) in [6, 6.07) is 10.7. The van der Waals surface area contributed by atoms with Gasteiger partial charge in [-0.1, -0.05) is 18.2 Å². The number of halogens is 2. The van der Waals surface area contributed by atoms with E-state index in [0.29, 0.717) is 12.0 Å². The Hall–Kier alpha value is -0.710. The van der Waals surface area contributed by atoms with Crippen molar-refractivity contribution in [1.82, 2.24) is 0 Å². The molecular formula is C13H13BrFNS. The van der Waals surface area contributed by atoms with Gasteiger partial charge >= 0.3 is 0 Å². The minimum atomic E-state index is -0.685. The molecule has 1 aromatic heterocycles. The van der Waals surface area contributed by atoms with E-state index in [1.54, 1.807) is 23.5 Å². The highest BCUT2D eigenvalue weighted by molar-refractivity contribution is 9.11. The third-order valence-corrected chi connectivity index (χ3v) is 4.28. The monoisotopic (exact) mass is 313 g/mol. The molecule has 90 valence electrons. The number of hydrogen-bond acceptors (Lipinski definition) is 2. The molecule has 1 unspecified atom stereocenters. The Morgan fingerprint density at radius 1 is 1.29 bits per heavy atom. The molecule has 2 N–H and O–H groups in total. The lowest BCUT2D eigenvalue weighted by molar-refractivity contribution is 0.460. The van der Waals surface area contributed by atoms with Crippen molar-refractivity contribution >= 4 is 27.3 Å². The summed E-state index contributed by atoms with van der Waals surface area (Å²) in [4.78, 5) is 1.14. The molecule has 17 heavy (non-hydrogen) atoms. The third-order valence-electron chi connectivity index (χ3n) is 2.66. The zero-order valence-electron chi connectivity index (χ0n) is 9.41. The summed E-state index contributed by atoms with van der Waals surface area (Å²) in [5.74, 6) is -0.242. The maximum absolute atomic E-state index is 13.7. The zero-order valence-corrected chi connectivity index (χ0v) is 11.8. The maximum Gasteiger partial charge on any atom is 0.128 e. The Morgan fingerprint density at radius 3 is 2.59 bits per heavy atom. The van der Waals surface area contributed by atoms with Crippen LogP contribution in [0.2, 0.25) is 0 Å². The van der Waals surface area contributed by atoms with Crippen LogP contribution in [0.5, 0.6) is 0 Å². The molecule has 2 aromatic rings. The van der Waals surface area contributed by atoms with Crippen molar-refractivity contribution in [2.24, 2.45) is 5.73 Å². The average Bonchev–Trinajstić information content (AvgIpc) is 2.63. The molecule has 0 amide bonds. The van der Waals surface area contributed by atoms with Gasteiger partial charge in [0.25, 0.3) is 0 Å². The summed E-state index contributed by atoms with van der Waals surface area (Å²) in [6.07, 6.45) is 0.629. The van der Waals surface area contributed by atoms with E-state index >= 15 is 0 Å². The number of thiophene rings is 1. The van der Waals surface area contributed by atoms with Gasteiger partial charge in [0.1, 0.15) is 5.82 Å². The van der Waals surface area contributed by atoms with Crippen molar-refractivity contribution < 1.29 is 4.39 Å². The van der Waals surface area contributed by atoms with Crippen molar-refractivity contribution in [2.45, 2.75) is 18.9 Å². The minimum absolute atomic E-state index is 0.242. The average molecular weight is 314 g/mol. The standard InChI is InChI=1S/C13H13BrFNS/c1-13(16,8-9-6-7-12(14)17-9)10-4-2-3-5-11(10)15/h2-7H,8,16H2,1H3. The van der Waals surface area contributed by atoms with Crippen LogP contribution < -0.4 is 5.73 Å². The molecule has 1 nitrogen and oxygen atoms in total. The number of nitrogens with two attached hydrogens (primary N) is 1. The van der Waals surface area contributed by atoms with Crippen LogP contribution in [0, 0.1) is 5.82 Å². The molecular weight excluding hydrogens is 301 g/mol. The molecule has 0 aliphatic heterocycles. The van der Waals surface area contributed by atoms with Gasteiger partial charge in [0, 0.05) is 22.4 Å². The molecule has 1 atom stereocenters. The highest BCUT2D eigenvalue weighted by Gasteiger charge is 2.25. The molecule has 0 aliphatic carbocycles. The van der Waals surface area contributed by atoms with Gasteiger partial charge in [0.2, 0.25) is 0 Å². The van der Waals surface area contributed by atoms with Crippen LogP contribution in [0.1, 0.15) is 17.4 Å². The van der Waals surface area contributed by atoms with Crippen molar-refractivity contribution in [3.63, 3.8) is 0 Å². The van der Waals surface area contributed by atoms with Crippen molar-refractivity contribution in [1.29, 1.82) is 0 Å². The first-order valence-electron chi connectivity index (χ1n) is 5.27. The van der Waals surface area contributed by atoms with Gasteiger partial charge < -0.3 is 5.73 Å². The van der Waals surface area contributed by atoms with Crippen molar-refractivity contribution in [2.75, 3.05) is 0 Å². The molecule has 0 saturated heterocycles. The fourth-order valence-corrected chi connectivity index (χ4v) is 3.48. The molecule has 1 aromatic carbocycles. The summed E-state index contributed by atoms with van der Waals surface area (Å²) in [5, 5.41) is 0. The second-order valence-electron chi connectivity index (χ2n) is 4.28. The highest BCUT2D eigenvalue weighted by atomic mass is 79.9. The van der Waals surface area contributed by atoms with E-state index in [0.717, 1.165) is 8.66 Å². The van der Waals surface area contributed by atoms with Crippen LogP contribution in [0.4, 0.5) is 4.39 Å². The fraction of sp³-hybridized carbons (Fsp3) is 0.231. The third kappa shape index (κ3) is 2.94. The summed E-state index contributed by atoms with van der Waals surface area (Å²) in [7, 11) is 0. The molecule has 0 aliphatic rings.